The lowest BCUT2D eigenvalue weighted by Gasteiger charge is -2.10. The van der Waals surface area contributed by atoms with E-state index >= 15 is 0 Å². The number of carbonyl (C=O) groups excluding carboxylic acids is 1. The maximum atomic E-state index is 11.2. The molecule has 1 rings (SSSR count). The summed E-state index contributed by atoms with van der Waals surface area (Å²) in [6, 6.07) is 3.19. The molecular formula is C10H11Cl2NO3. The lowest BCUT2D eigenvalue weighted by atomic mass is 10.3. The van der Waals surface area contributed by atoms with E-state index in [1.165, 1.54) is 7.11 Å². The number of methoxy groups -OCH3 is 1. The summed E-state index contributed by atoms with van der Waals surface area (Å²) in [6.07, 6.45) is 0.0139. The molecule has 1 aromatic rings. The molecule has 0 bridgehead atoms. The van der Waals surface area contributed by atoms with Crippen LogP contribution in [0.4, 0.5) is 5.69 Å². The molecule has 0 aliphatic carbocycles. The third-order valence-electron chi connectivity index (χ3n) is 1.88. The number of hydrogen-bond donors (Lipinski definition) is 2. The van der Waals surface area contributed by atoms with Crippen LogP contribution < -0.4 is 10.1 Å². The third-order valence-corrected chi connectivity index (χ3v) is 2.74. The lowest BCUT2D eigenvalue weighted by Crippen LogP contribution is -2.13. The molecule has 0 heterocycles. The Morgan fingerprint density at radius 2 is 2.12 bits per heavy atom. The summed E-state index contributed by atoms with van der Waals surface area (Å²) >= 11 is 11.8. The van der Waals surface area contributed by atoms with E-state index in [0.717, 1.165) is 0 Å². The summed E-state index contributed by atoms with van der Waals surface area (Å²) in [5.41, 5.74) is 0.394. The molecule has 0 aromatic heterocycles. The van der Waals surface area contributed by atoms with Crippen molar-refractivity contribution in [3.63, 3.8) is 0 Å². The Morgan fingerprint density at radius 1 is 1.44 bits per heavy atom. The van der Waals surface area contributed by atoms with Crippen LogP contribution in [-0.4, -0.2) is 24.7 Å². The highest BCUT2D eigenvalue weighted by Crippen LogP contribution is 2.37. The van der Waals surface area contributed by atoms with Crippen LogP contribution in [-0.2, 0) is 4.79 Å². The van der Waals surface area contributed by atoms with E-state index in [2.05, 4.69) is 5.32 Å². The molecule has 0 unspecified atom stereocenters. The van der Waals surface area contributed by atoms with E-state index in [0.29, 0.717) is 11.4 Å². The number of benzene rings is 1. The summed E-state index contributed by atoms with van der Waals surface area (Å²) < 4.78 is 4.96. The Balaban J connectivity index is 2.90. The van der Waals surface area contributed by atoms with Crippen LogP contribution in [0.1, 0.15) is 6.42 Å². The topological polar surface area (TPSA) is 58.6 Å². The number of carbonyl (C=O) groups is 1. The number of anilines is 1. The number of aliphatic hydroxyl groups is 1. The van der Waals surface area contributed by atoms with E-state index in [1.807, 2.05) is 0 Å². The third kappa shape index (κ3) is 3.01. The van der Waals surface area contributed by atoms with Crippen molar-refractivity contribution in [2.75, 3.05) is 19.0 Å². The van der Waals surface area contributed by atoms with Gasteiger partial charge in [0.05, 0.1) is 30.8 Å². The van der Waals surface area contributed by atoms with Gasteiger partial charge in [0.25, 0.3) is 0 Å². The molecule has 1 aromatic carbocycles. The zero-order valence-electron chi connectivity index (χ0n) is 8.59. The van der Waals surface area contributed by atoms with Crippen LogP contribution in [0.2, 0.25) is 10.0 Å². The van der Waals surface area contributed by atoms with Crippen molar-refractivity contribution in [1.29, 1.82) is 0 Å². The molecule has 0 atom stereocenters. The molecule has 1 amide bonds. The molecule has 4 nitrogen and oxygen atoms in total. The Labute approximate surface area is 103 Å². The number of hydrogen-bond acceptors (Lipinski definition) is 3. The monoisotopic (exact) mass is 263 g/mol. The molecule has 16 heavy (non-hydrogen) atoms. The highest BCUT2D eigenvalue weighted by molar-refractivity contribution is 6.44. The zero-order valence-corrected chi connectivity index (χ0v) is 10.1. The minimum atomic E-state index is -0.328. The molecule has 0 aliphatic rings. The highest BCUT2D eigenvalue weighted by atomic mass is 35.5. The summed E-state index contributed by atoms with van der Waals surface area (Å²) in [5, 5.41) is 11.6. The quantitative estimate of drug-likeness (QED) is 0.877. The standard InChI is InChI=1S/C10H11Cl2NO3/c1-16-7-3-2-6(9(11)10(7)12)13-8(15)4-5-14/h2-3,14H,4-5H2,1H3,(H,13,15). The first-order chi connectivity index (χ1) is 7.60. The fraction of sp³-hybridized carbons (Fsp3) is 0.300. The van der Waals surface area contributed by atoms with Crippen molar-refractivity contribution >= 4 is 34.8 Å². The largest absolute Gasteiger partial charge is 0.495 e. The SMILES string of the molecule is COc1ccc(NC(=O)CCO)c(Cl)c1Cl. The van der Waals surface area contributed by atoms with E-state index in [-0.39, 0.29) is 29.0 Å². The second-order valence-electron chi connectivity index (χ2n) is 2.97. The Kier molecular flexibility index (Phi) is 4.86. The van der Waals surface area contributed by atoms with Gasteiger partial charge in [-0.15, -0.1) is 0 Å². The molecule has 0 aliphatic heterocycles. The van der Waals surface area contributed by atoms with Crippen LogP contribution in [0.3, 0.4) is 0 Å². The van der Waals surface area contributed by atoms with E-state index in [4.69, 9.17) is 33.0 Å². The Hall–Kier alpha value is -0.970. The van der Waals surface area contributed by atoms with Crippen LogP contribution in [0.5, 0.6) is 5.75 Å². The number of nitrogens with one attached hydrogen (secondary N) is 1. The Morgan fingerprint density at radius 3 is 2.69 bits per heavy atom. The maximum Gasteiger partial charge on any atom is 0.226 e. The minimum Gasteiger partial charge on any atom is -0.495 e. The van der Waals surface area contributed by atoms with Crippen LogP contribution in [0.25, 0.3) is 0 Å². The first-order valence-corrected chi connectivity index (χ1v) is 5.28. The Bertz CT molecular complexity index is 396. The molecule has 0 radical (unpaired) electrons. The van der Waals surface area contributed by atoms with Gasteiger partial charge in [-0.2, -0.15) is 0 Å². The molecule has 0 fully saturated rings. The van der Waals surface area contributed by atoms with Crippen molar-refractivity contribution < 1.29 is 14.6 Å². The highest BCUT2D eigenvalue weighted by Gasteiger charge is 2.12. The van der Waals surface area contributed by atoms with Gasteiger partial charge in [-0.25, -0.2) is 0 Å². The van der Waals surface area contributed by atoms with Crippen molar-refractivity contribution in [2.24, 2.45) is 0 Å². The molecule has 0 saturated carbocycles. The molecular weight excluding hydrogens is 253 g/mol. The van der Waals surface area contributed by atoms with Crippen molar-refractivity contribution in [3.05, 3.63) is 22.2 Å². The van der Waals surface area contributed by atoms with Crippen LogP contribution in [0, 0.1) is 0 Å². The van der Waals surface area contributed by atoms with Gasteiger partial charge < -0.3 is 15.2 Å². The van der Waals surface area contributed by atoms with Gasteiger partial charge in [0.1, 0.15) is 10.8 Å². The number of halogens is 2. The van der Waals surface area contributed by atoms with Gasteiger partial charge in [0.15, 0.2) is 0 Å². The van der Waals surface area contributed by atoms with Gasteiger partial charge in [-0.3, -0.25) is 4.79 Å². The van der Waals surface area contributed by atoms with Crippen molar-refractivity contribution in [3.8, 4) is 5.75 Å². The average molecular weight is 264 g/mol. The van der Waals surface area contributed by atoms with Gasteiger partial charge in [-0.05, 0) is 12.1 Å². The zero-order chi connectivity index (χ0) is 12.1. The van der Waals surface area contributed by atoms with E-state index < -0.39 is 0 Å². The number of aliphatic hydroxyl groups excluding tert-OH is 1. The van der Waals surface area contributed by atoms with Gasteiger partial charge >= 0.3 is 0 Å². The first-order valence-electron chi connectivity index (χ1n) is 4.52. The number of rotatable bonds is 4. The second kappa shape index (κ2) is 5.94. The average Bonchev–Trinajstić information content (AvgIpc) is 2.25. The predicted molar refractivity (Wildman–Crippen MR) is 63.3 cm³/mol. The fourth-order valence-electron chi connectivity index (χ4n) is 1.10. The summed E-state index contributed by atoms with van der Waals surface area (Å²) in [7, 11) is 1.47. The summed E-state index contributed by atoms with van der Waals surface area (Å²) in [5.74, 6) is 0.109. The molecule has 88 valence electrons. The maximum absolute atomic E-state index is 11.2. The van der Waals surface area contributed by atoms with E-state index in [9.17, 15) is 4.79 Å². The normalized spacial score (nSPS) is 10.0. The molecule has 0 saturated heterocycles. The van der Waals surface area contributed by atoms with Crippen LogP contribution in [0.15, 0.2) is 12.1 Å². The number of ether oxygens (including phenoxy) is 1. The van der Waals surface area contributed by atoms with Gasteiger partial charge in [0.2, 0.25) is 5.91 Å². The lowest BCUT2D eigenvalue weighted by molar-refractivity contribution is -0.116. The van der Waals surface area contributed by atoms with Crippen LogP contribution >= 0.6 is 23.2 Å². The number of amides is 1. The smallest absolute Gasteiger partial charge is 0.226 e. The fourth-order valence-corrected chi connectivity index (χ4v) is 1.55. The summed E-state index contributed by atoms with van der Waals surface area (Å²) in [4.78, 5) is 11.2. The van der Waals surface area contributed by atoms with Gasteiger partial charge in [-0.1, -0.05) is 23.2 Å². The van der Waals surface area contributed by atoms with Crippen molar-refractivity contribution in [2.45, 2.75) is 6.42 Å². The predicted octanol–water partition coefficient (Wildman–Crippen LogP) is 2.32. The van der Waals surface area contributed by atoms with Gasteiger partial charge in [0, 0.05) is 0 Å². The first kappa shape index (κ1) is 13.1. The molecule has 0 spiro atoms. The molecule has 2 N–H and O–H groups in total. The second-order valence-corrected chi connectivity index (χ2v) is 3.72. The summed E-state index contributed by atoms with van der Waals surface area (Å²) in [6.45, 7) is -0.215. The van der Waals surface area contributed by atoms with E-state index in [1.54, 1.807) is 12.1 Å². The minimum absolute atomic E-state index is 0.0139. The molecule has 6 heteroatoms. The van der Waals surface area contributed by atoms with Crippen molar-refractivity contribution in [1.82, 2.24) is 0 Å².